The van der Waals surface area contributed by atoms with E-state index in [4.69, 9.17) is 39.2 Å². The lowest BCUT2D eigenvalue weighted by Gasteiger charge is -1.93. The Morgan fingerprint density at radius 1 is 1.11 bits per heavy atom. The highest BCUT2D eigenvalue weighted by atomic mass is 35.5. The smallest absolute Gasteiger partial charge is 0.229 e. The van der Waals surface area contributed by atoms with Crippen molar-refractivity contribution >= 4 is 62.9 Å². The Balaban J connectivity index is 2.11. The van der Waals surface area contributed by atoms with E-state index in [1.54, 1.807) is 29.6 Å². The van der Waals surface area contributed by atoms with Crippen LogP contribution in [0.15, 0.2) is 34.1 Å². The number of fused-ring (bicyclic) bond motifs is 1. The van der Waals surface area contributed by atoms with Crippen LogP contribution >= 0.6 is 46.1 Å². The van der Waals surface area contributed by atoms with E-state index < -0.39 is 0 Å². The molecule has 19 heavy (non-hydrogen) atoms. The summed E-state index contributed by atoms with van der Waals surface area (Å²) in [5.74, 6) is -0.0137. The van der Waals surface area contributed by atoms with Crippen molar-refractivity contribution in [3.63, 3.8) is 0 Å². The summed E-state index contributed by atoms with van der Waals surface area (Å²) in [4.78, 5) is 12.2. The van der Waals surface area contributed by atoms with Crippen LogP contribution in [0.4, 0.5) is 0 Å². The predicted octanol–water partition coefficient (Wildman–Crippen LogP) is 5.69. The Hall–Kier alpha value is -1.00. The quantitative estimate of drug-likeness (QED) is 0.565. The molecule has 0 saturated carbocycles. The van der Waals surface area contributed by atoms with Gasteiger partial charge in [0, 0.05) is 21.4 Å². The first-order valence-electron chi connectivity index (χ1n) is 5.22. The highest BCUT2D eigenvalue weighted by Gasteiger charge is 2.17. The van der Waals surface area contributed by atoms with Crippen molar-refractivity contribution in [3.05, 3.63) is 55.4 Å². The molecule has 96 valence electrons. The van der Waals surface area contributed by atoms with Gasteiger partial charge in [-0.1, -0.05) is 34.8 Å². The first-order valence-corrected chi connectivity index (χ1v) is 7.23. The fourth-order valence-electron chi connectivity index (χ4n) is 1.76. The molecule has 0 atom stereocenters. The van der Waals surface area contributed by atoms with Crippen molar-refractivity contribution in [1.82, 2.24) is 0 Å². The van der Waals surface area contributed by atoms with Crippen molar-refractivity contribution in [1.29, 1.82) is 0 Å². The maximum absolute atomic E-state index is 12.2. The summed E-state index contributed by atoms with van der Waals surface area (Å²) in [6.45, 7) is 0. The van der Waals surface area contributed by atoms with Gasteiger partial charge in [-0.15, -0.1) is 11.3 Å². The Morgan fingerprint density at radius 2 is 1.89 bits per heavy atom. The second-order valence-corrected chi connectivity index (χ2v) is 6.27. The van der Waals surface area contributed by atoms with E-state index in [1.807, 2.05) is 0 Å². The molecule has 1 aromatic carbocycles. The maximum Gasteiger partial charge on any atom is 0.229 e. The molecule has 0 spiro atoms. The Morgan fingerprint density at radius 3 is 2.58 bits per heavy atom. The highest BCUT2D eigenvalue weighted by molar-refractivity contribution is 7.14. The predicted molar refractivity (Wildman–Crippen MR) is 79.0 cm³/mol. The number of carbonyl (C=O) groups is 1. The monoisotopic (exact) mass is 330 g/mol. The number of thiophene rings is 1. The van der Waals surface area contributed by atoms with Gasteiger partial charge in [0.2, 0.25) is 5.78 Å². The third kappa shape index (κ3) is 2.39. The molecule has 0 radical (unpaired) electrons. The fourth-order valence-corrected chi connectivity index (χ4v) is 3.17. The normalized spacial score (nSPS) is 11.1. The van der Waals surface area contributed by atoms with Gasteiger partial charge in [-0.2, -0.15) is 0 Å². The second kappa shape index (κ2) is 4.84. The zero-order valence-electron chi connectivity index (χ0n) is 9.25. The molecule has 2 nitrogen and oxygen atoms in total. The molecule has 0 aliphatic carbocycles. The number of ketones is 1. The summed E-state index contributed by atoms with van der Waals surface area (Å²) in [5.41, 5.74) is 0.951. The minimum atomic E-state index is -0.230. The minimum absolute atomic E-state index is 0.216. The number of benzene rings is 1. The van der Waals surface area contributed by atoms with Crippen molar-refractivity contribution in [2.75, 3.05) is 0 Å². The molecule has 2 heterocycles. The maximum atomic E-state index is 12.2. The summed E-state index contributed by atoms with van der Waals surface area (Å²) >= 11 is 19.0. The molecule has 3 rings (SSSR count). The van der Waals surface area contributed by atoms with E-state index in [9.17, 15) is 4.79 Å². The molecule has 0 aliphatic heterocycles. The summed E-state index contributed by atoms with van der Waals surface area (Å²) in [6.07, 6.45) is 0. The van der Waals surface area contributed by atoms with Crippen molar-refractivity contribution in [3.8, 4) is 0 Å². The second-order valence-electron chi connectivity index (χ2n) is 3.89. The van der Waals surface area contributed by atoms with Crippen molar-refractivity contribution in [2.45, 2.75) is 0 Å². The van der Waals surface area contributed by atoms with Crippen LogP contribution in [-0.2, 0) is 0 Å². The zero-order chi connectivity index (χ0) is 13.6. The molecular weight excluding hydrogens is 327 g/mol. The molecule has 0 saturated heterocycles. The number of furan rings is 1. The Labute approximate surface area is 127 Å². The van der Waals surface area contributed by atoms with E-state index in [0.29, 0.717) is 30.9 Å². The highest BCUT2D eigenvalue weighted by Crippen LogP contribution is 2.32. The summed E-state index contributed by atoms with van der Waals surface area (Å²) in [6, 6.07) is 6.51. The first kappa shape index (κ1) is 13.0. The fraction of sp³-hybridized carbons (Fsp3) is 0. The minimum Gasteiger partial charge on any atom is -0.451 e. The molecule has 0 N–H and O–H groups in total. The van der Waals surface area contributed by atoms with Crippen molar-refractivity contribution < 1.29 is 9.21 Å². The summed E-state index contributed by atoms with van der Waals surface area (Å²) in [5, 5.41) is 3.26. The molecule has 6 heteroatoms. The number of halogens is 3. The molecule has 0 fully saturated rings. The summed E-state index contributed by atoms with van der Waals surface area (Å²) in [7, 11) is 0. The van der Waals surface area contributed by atoms with Gasteiger partial charge in [-0.05, 0) is 24.3 Å². The largest absolute Gasteiger partial charge is 0.451 e. The molecule has 0 unspecified atom stereocenters. The lowest BCUT2D eigenvalue weighted by Crippen LogP contribution is -1.96. The lowest BCUT2D eigenvalue weighted by atomic mass is 10.1. The van der Waals surface area contributed by atoms with Gasteiger partial charge in [0.05, 0.1) is 9.36 Å². The third-order valence-corrected chi connectivity index (χ3v) is 4.18. The van der Waals surface area contributed by atoms with E-state index in [0.717, 1.165) is 0 Å². The van der Waals surface area contributed by atoms with Crippen LogP contribution in [0.1, 0.15) is 16.1 Å². The Bertz CT molecular complexity index is 788. The zero-order valence-corrected chi connectivity index (χ0v) is 12.3. The molecule has 0 amide bonds. The molecule has 3 aromatic rings. The van der Waals surface area contributed by atoms with Gasteiger partial charge in [-0.3, -0.25) is 4.79 Å². The lowest BCUT2D eigenvalue weighted by molar-refractivity contribution is 0.101. The van der Waals surface area contributed by atoms with E-state index in [1.165, 1.54) is 11.3 Å². The van der Waals surface area contributed by atoms with Crippen LogP contribution in [0.3, 0.4) is 0 Å². The number of rotatable bonds is 2. The molecule has 2 aromatic heterocycles. The van der Waals surface area contributed by atoms with Gasteiger partial charge in [0.1, 0.15) is 0 Å². The standard InChI is InChI=1S/C13H5Cl3O2S/c14-8-1-6-2-10(18-13(6)9(15)4-8)12(17)7-3-11(16)19-5-7/h1-5H. The third-order valence-electron chi connectivity index (χ3n) is 2.59. The van der Waals surface area contributed by atoms with Gasteiger partial charge >= 0.3 is 0 Å². The molecular formula is C13H5Cl3O2S. The van der Waals surface area contributed by atoms with Crippen molar-refractivity contribution in [2.24, 2.45) is 0 Å². The van der Waals surface area contributed by atoms with E-state index in [2.05, 4.69) is 0 Å². The van der Waals surface area contributed by atoms with Gasteiger partial charge in [-0.25, -0.2) is 0 Å². The topological polar surface area (TPSA) is 30.2 Å². The Kier molecular flexibility index (Phi) is 3.31. The average molecular weight is 332 g/mol. The van der Waals surface area contributed by atoms with Crippen LogP contribution in [-0.4, -0.2) is 5.78 Å². The first-order chi connectivity index (χ1) is 9.04. The van der Waals surface area contributed by atoms with Crippen LogP contribution < -0.4 is 0 Å². The van der Waals surface area contributed by atoms with Crippen LogP contribution in [0.25, 0.3) is 11.0 Å². The van der Waals surface area contributed by atoms with E-state index in [-0.39, 0.29) is 11.5 Å². The van der Waals surface area contributed by atoms with Crippen LogP contribution in [0, 0.1) is 0 Å². The number of hydrogen-bond donors (Lipinski definition) is 0. The number of hydrogen-bond acceptors (Lipinski definition) is 3. The van der Waals surface area contributed by atoms with Gasteiger partial charge in [0.25, 0.3) is 0 Å². The van der Waals surface area contributed by atoms with Gasteiger partial charge in [0.15, 0.2) is 11.3 Å². The average Bonchev–Trinajstić information content (AvgIpc) is 2.94. The summed E-state index contributed by atoms with van der Waals surface area (Å²) < 4.78 is 6.06. The number of carbonyl (C=O) groups excluding carboxylic acids is 1. The van der Waals surface area contributed by atoms with E-state index >= 15 is 0 Å². The van der Waals surface area contributed by atoms with Crippen LogP contribution in [0.5, 0.6) is 0 Å². The molecule has 0 aliphatic rings. The molecule has 0 bridgehead atoms. The van der Waals surface area contributed by atoms with Gasteiger partial charge < -0.3 is 4.42 Å². The SMILES string of the molecule is O=C(c1csc(Cl)c1)c1cc2cc(Cl)cc(Cl)c2o1. The van der Waals surface area contributed by atoms with Crippen LogP contribution in [0.2, 0.25) is 14.4 Å².